The Morgan fingerprint density at radius 2 is 2.00 bits per heavy atom. The van der Waals surface area contributed by atoms with Crippen LogP contribution in [-0.2, 0) is 0 Å². The van der Waals surface area contributed by atoms with Crippen LogP contribution in [0, 0.1) is 28.9 Å². The highest BCUT2D eigenvalue weighted by molar-refractivity contribution is 5.93. The van der Waals surface area contributed by atoms with Gasteiger partial charge >= 0.3 is 0 Å². The van der Waals surface area contributed by atoms with E-state index >= 15 is 0 Å². The molecule has 0 aliphatic heterocycles. The second-order valence-corrected chi connectivity index (χ2v) is 7.96. The molecule has 0 radical (unpaired) electrons. The first-order valence-electron chi connectivity index (χ1n) is 9.85. The van der Waals surface area contributed by atoms with Crippen LogP contribution in [0.3, 0.4) is 0 Å². The van der Waals surface area contributed by atoms with Crippen molar-refractivity contribution < 1.29 is 17.6 Å². The predicted octanol–water partition coefficient (Wildman–Crippen LogP) is 4.51. The topological polar surface area (TPSA) is 59.2 Å². The Hall–Kier alpha value is -3.74. The number of hydrogen-bond acceptors (Lipinski definition) is 5. The van der Waals surface area contributed by atoms with Crippen LogP contribution < -0.4 is 4.90 Å². The molecule has 10 heteroatoms. The number of rotatable bonds is 4. The lowest BCUT2D eigenvalue weighted by molar-refractivity contribution is 0.158. The molecule has 0 amide bonds. The molecule has 1 aromatic carbocycles. The molecule has 32 heavy (non-hydrogen) atoms. The van der Waals surface area contributed by atoms with E-state index in [1.807, 2.05) is 6.92 Å². The smallest absolute Gasteiger partial charge is 0.257 e. The highest BCUT2D eigenvalue weighted by Crippen LogP contribution is 2.44. The van der Waals surface area contributed by atoms with E-state index in [0.29, 0.717) is 5.56 Å². The summed E-state index contributed by atoms with van der Waals surface area (Å²) in [4.78, 5) is 9.17. The summed E-state index contributed by atoms with van der Waals surface area (Å²) in [5.74, 6) is 4.53. The molecular weight excluding hydrogens is 424 g/mol. The fraction of sp³-hybridized carbons (Fsp3) is 0.273. The molecule has 0 unspecified atom stereocenters. The molecule has 5 rings (SSSR count). The molecule has 1 saturated carbocycles. The molecule has 162 valence electrons. The van der Waals surface area contributed by atoms with Crippen LogP contribution in [0.2, 0.25) is 0 Å². The molecule has 0 atom stereocenters. The van der Waals surface area contributed by atoms with Crippen molar-refractivity contribution in [1.29, 1.82) is 0 Å². The summed E-state index contributed by atoms with van der Waals surface area (Å²) in [6.07, 6.45) is 2.75. The van der Waals surface area contributed by atoms with Gasteiger partial charge in [0.15, 0.2) is 5.82 Å². The standard InChI is InChI=1S/C22H16F4N6/c1-22(4-5-22)3-2-13-6-14(23)8-15(7-13)31(11-18(25)26)20-19-16(24)9-27-10-17(19)32-12-28-30-21(32)29-20/h6-10,12,18H,4-5,11H2,1H3. The lowest BCUT2D eigenvalue weighted by Gasteiger charge is -2.25. The van der Waals surface area contributed by atoms with E-state index in [1.165, 1.54) is 29.1 Å². The number of anilines is 2. The van der Waals surface area contributed by atoms with Gasteiger partial charge in [-0.1, -0.05) is 11.8 Å². The third kappa shape index (κ3) is 3.70. The van der Waals surface area contributed by atoms with E-state index < -0.39 is 24.6 Å². The maximum Gasteiger partial charge on any atom is 0.257 e. The number of alkyl halides is 2. The highest BCUT2D eigenvalue weighted by atomic mass is 19.3. The van der Waals surface area contributed by atoms with Gasteiger partial charge in [0.2, 0.25) is 0 Å². The van der Waals surface area contributed by atoms with E-state index in [4.69, 9.17) is 0 Å². The second kappa shape index (κ2) is 7.44. The van der Waals surface area contributed by atoms with Crippen LogP contribution in [-0.4, -0.2) is 37.5 Å². The third-order valence-electron chi connectivity index (χ3n) is 5.38. The van der Waals surface area contributed by atoms with E-state index in [2.05, 4.69) is 32.0 Å². The fourth-order valence-corrected chi connectivity index (χ4v) is 3.44. The Bertz CT molecular complexity index is 1400. The average Bonchev–Trinajstić information content (AvgIpc) is 3.29. The molecule has 1 fully saturated rings. The van der Waals surface area contributed by atoms with Crippen LogP contribution in [0.15, 0.2) is 36.9 Å². The molecular formula is C22H16F4N6. The van der Waals surface area contributed by atoms with Crippen molar-refractivity contribution in [3.63, 3.8) is 0 Å². The van der Waals surface area contributed by atoms with Crippen LogP contribution >= 0.6 is 0 Å². The minimum Gasteiger partial charge on any atom is -0.320 e. The van der Waals surface area contributed by atoms with Crippen molar-refractivity contribution >= 4 is 28.2 Å². The van der Waals surface area contributed by atoms with Crippen LogP contribution in [0.1, 0.15) is 25.3 Å². The fourth-order valence-electron chi connectivity index (χ4n) is 3.44. The van der Waals surface area contributed by atoms with E-state index in [0.717, 1.165) is 30.0 Å². The summed E-state index contributed by atoms with van der Waals surface area (Å²) < 4.78 is 57.9. The quantitative estimate of drug-likeness (QED) is 0.345. The molecule has 1 aliphatic carbocycles. The van der Waals surface area contributed by atoms with Crippen LogP contribution in [0.25, 0.3) is 16.7 Å². The van der Waals surface area contributed by atoms with Crippen LogP contribution in [0.5, 0.6) is 0 Å². The summed E-state index contributed by atoms with van der Waals surface area (Å²) in [7, 11) is 0. The monoisotopic (exact) mass is 440 g/mol. The first kappa shape index (κ1) is 20.2. The zero-order chi connectivity index (χ0) is 22.5. The summed E-state index contributed by atoms with van der Waals surface area (Å²) >= 11 is 0. The van der Waals surface area contributed by atoms with Gasteiger partial charge in [-0.15, -0.1) is 10.2 Å². The summed E-state index contributed by atoms with van der Waals surface area (Å²) in [6, 6.07) is 3.82. The van der Waals surface area contributed by atoms with Crippen LogP contribution in [0.4, 0.5) is 29.1 Å². The maximum absolute atomic E-state index is 14.8. The number of aromatic nitrogens is 5. The Kier molecular flexibility index (Phi) is 4.69. The first-order valence-corrected chi connectivity index (χ1v) is 9.85. The Balaban J connectivity index is 1.72. The van der Waals surface area contributed by atoms with Gasteiger partial charge in [0, 0.05) is 16.7 Å². The molecule has 3 aromatic heterocycles. The molecule has 0 bridgehead atoms. The summed E-state index contributed by atoms with van der Waals surface area (Å²) in [5, 5.41) is 7.55. The minimum absolute atomic E-state index is 0.0599. The number of benzene rings is 1. The van der Waals surface area contributed by atoms with E-state index in [-0.39, 0.29) is 33.6 Å². The Labute approximate surface area is 179 Å². The Morgan fingerprint density at radius 3 is 2.75 bits per heavy atom. The minimum atomic E-state index is -2.81. The highest BCUT2D eigenvalue weighted by Gasteiger charge is 2.35. The average molecular weight is 440 g/mol. The molecule has 0 N–H and O–H groups in total. The lowest BCUT2D eigenvalue weighted by Crippen LogP contribution is -2.26. The molecule has 0 saturated heterocycles. The zero-order valence-electron chi connectivity index (χ0n) is 16.9. The van der Waals surface area contributed by atoms with Crippen molar-refractivity contribution in [2.75, 3.05) is 11.4 Å². The molecule has 4 aromatic rings. The molecule has 0 spiro atoms. The van der Waals surface area contributed by atoms with Gasteiger partial charge in [-0.3, -0.25) is 9.38 Å². The molecule has 3 heterocycles. The Morgan fingerprint density at radius 1 is 1.19 bits per heavy atom. The number of nitrogens with zero attached hydrogens (tertiary/aromatic N) is 6. The second-order valence-electron chi connectivity index (χ2n) is 7.96. The molecule has 6 nitrogen and oxygen atoms in total. The van der Waals surface area contributed by atoms with Crippen molar-refractivity contribution in [1.82, 2.24) is 24.6 Å². The third-order valence-corrected chi connectivity index (χ3v) is 5.38. The first-order chi connectivity index (χ1) is 15.3. The largest absolute Gasteiger partial charge is 0.320 e. The van der Waals surface area contributed by atoms with E-state index in [9.17, 15) is 17.6 Å². The van der Waals surface area contributed by atoms with Gasteiger partial charge in [0.05, 0.1) is 29.8 Å². The van der Waals surface area contributed by atoms with Gasteiger partial charge in [-0.2, -0.15) is 4.98 Å². The number of fused-ring (bicyclic) bond motifs is 3. The number of pyridine rings is 1. The maximum atomic E-state index is 14.8. The van der Waals surface area contributed by atoms with E-state index in [1.54, 1.807) is 0 Å². The normalized spacial score (nSPS) is 14.6. The zero-order valence-corrected chi connectivity index (χ0v) is 16.9. The van der Waals surface area contributed by atoms with Crippen molar-refractivity contribution in [3.8, 4) is 11.8 Å². The summed E-state index contributed by atoms with van der Waals surface area (Å²) in [5.41, 5.74) is 0.557. The number of hydrogen-bond donors (Lipinski definition) is 0. The SMILES string of the molecule is CC1(C#Cc2cc(F)cc(N(CC(F)F)c3nc4nncn4c4cncc(F)c34)c2)CC1. The van der Waals surface area contributed by atoms with Crippen molar-refractivity contribution in [3.05, 3.63) is 54.1 Å². The van der Waals surface area contributed by atoms with Gasteiger partial charge in [0.1, 0.15) is 18.0 Å². The van der Waals surface area contributed by atoms with Crippen molar-refractivity contribution in [2.45, 2.75) is 26.2 Å². The van der Waals surface area contributed by atoms with Crippen molar-refractivity contribution in [2.24, 2.45) is 5.41 Å². The van der Waals surface area contributed by atoms with Gasteiger partial charge < -0.3 is 4.90 Å². The number of halogens is 4. The van der Waals surface area contributed by atoms with Gasteiger partial charge in [0.25, 0.3) is 12.2 Å². The molecule has 1 aliphatic rings. The van der Waals surface area contributed by atoms with Gasteiger partial charge in [-0.05, 0) is 38.0 Å². The lowest BCUT2D eigenvalue weighted by atomic mass is 10.1. The summed E-state index contributed by atoms with van der Waals surface area (Å²) in [6.45, 7) is 1.16. The predicted molar refractivity (Wildman–Crippen MR) is 110 cm³/mol. The van der Waals surface area contributed by atoms with Gasteiger partial charge in [-0.25, -0.2) is 17.6 Å².